The monoisotopic (exact) mass is 268 g/mol. The molecule has 0 bridgehead atoms. The number of aromatic nitrogens is 1. The molecule has 1 heterocycles. The Morgan fingerprint density at radius 2 is 2.05 bits per heavy atom. The van der Waals surface area contributed by atoms with E-state index in [1.54, 1.807) is 6.92 Å². The van der Waals surface area contributed by atoms with E-state index in [0.717, 1.165) is 0 Å². The van der Waals surface area contributed by atoms with Gasteiger partial charge in [-0.2, -0.15) is 0 Å². The third-order valence-electron chi connectivity index (χ3n) is 3.11. The molecule has 19 heavy (non-hydrogen) atoms. The molecule has 0 aliphatic carbocycles. The molecule has 2 unspecified atom stereocenters. The van der Waals surface area contributed by atoms with E-state index >= 15 is 0 Å². The highest BCUT2D eigenvalue weighted by Crippen LogP contribution is 2.15. The summed E-state index contributed by atoms with van der Waals surface area (Å²) in [5.41, 5.74) is 0.667. The zero-order chi connectivity index (χ0) is 14.6. The topological polar surface area (TPSA) is 92.4 Å². The van der Waals surface area contributed by atoms with Crippen molar-refractivity contribution < 1.29 is 19.2 Å². The van der Waals surface area contributed by atoms with Crippen molar-refractivity contribution in [2.24, 2.45) is 5.92 Å². The van der Waals surface area contributed by atoms with Crippen LogP contribution in [-0.4, -0.2) is 28.2 Å². The van der Waals surface area contributed by atoms with Gasteiger partial charge >= 0.3 is 5.97 Å². The Balaban J connectivity index is 2.79. The Morgan fingerprint density at radius 3 is 2.47 bits per heavy atom. The van der Waals surface area contributed by atoms with E-state index < -0.39 is 17.9 Å². The fourth-order valence-corrected chi connectivity index (χ4v) is 1.56. The van der Waals surface area contributed by atoms with Crippen LogP contribution >= 0.6 is 0 Å². The van der Waals surface area contributed by atoms with Gasteiger partial charge in [0.15, 0.2) is 0 Å². The van der Waals surface area contributed by atoms with E-state index in [0.29, 0.717) is 12.1 Å². The van der Waals surface area contributed by atoms with Gasteiger partial charge in [-0.15, -0.1) is 0 Å². The maximum Gasteiger partial charge on any atom is 0.326 e. The van der Waals surface area contributed by atoms with Crippen LogP contribution in [0.5, 0.6) is 0 Å². The number of carboxylic acid groups (broad SMARTS) is 1. The van der Waals surface area contributed by atoms with Crippen molar-refractivity contribution in [3.8, 4) is 0 Å². The highest BCUT2D eigenvalue weighted by Gasteiger charge is 2.27. The Kier molecular flexibility index (Phi) is 5.09. The van der Waals surface area contributed by atoms with Gasteiger partial charge in [0.1, 0.15) is 6.04 Å². The molecule has 1 rings (SSSR count). The molecule has 1 aromatic rings. The number of carboxylic acids is 1. The van der Waals surface area contributed by atoms with Gasteiger partial charge in [0.25, 0.3) is 5.91 Å². The minimum atomic E-state index is -1.05. The minimum absolute atomic E-state index is 0.0400. The van der Waals surface area contributed by atoms with E-state index in [-0.39, 0.29) is 17.6 Å². The van der Waals surface area contributed by atoms with Gasteiger partial charge in [-0.1, -0.05) is 39.3 Å². The summed E-state index contributed by atoms with van der Waals surface area (Å²) in [5.74, 6) is -1.57. The number of carbonyl (C=O) groups is 2. The van der Waals surface area contributed by atoms with Crippen molar-refractivity contribution in [1.82, 2.24) is 10.5 Å². The molecular formula is C13H20N2O4. The highest BCUT2D eigenvalue weighted by atomic mass is 16.5. The predicted octanol–water partition coefficient (Wildman–Crippen LogP) is 2.03. The van der Waals surface area contributed by atoms with Gasteiger partial charge in [-0.25, -0.2) is 4.79 Å². The zero-order valence-corrected chi connectivity index (χ0v) is 11.6. The Labute approximate surface area is 112 Å². The Hall–Kier alpha value is -1.85. The number of amides is 1. The number of nitrogens with one attached hydrogen (secondary N) is 1. The number of carbonyl (C=O) groups excluding carboxylic acids is 1. The van der Waals surface area contributed by atoms with Crippen LogP contribution in [0.3, 0.4) is 0 Å². The maximum atomic E-state index is 11.9. The number of aliphatic carboxylic acids is 1. The van der Waals surface area contributed by atoms with E-state index in [9.17, 15) is 9.59 Å². The van der Waals surface area contributed by atoms with E-state index in [1.807, 2.05) is 20.8 Å². The van der Waals surface area contributed by atoms with Crippen LogP contribution in [0.25, 0.3) is 0 Å². The van der Waals surface area contributed by atoms with Gasteiger partial charge < -0.3 is 14.9 Å². The Bertz CT molecular complexity index is 453. The van der Waals surface area contributed by atoms with Crippen molar-refractivity contribution in [2.45, 2.75) is 46.1 Å². The molecule has 0 aliphatic rings. The second-order valence-electron chi connectivity index (χ2n) is 4.95. The molecule has 1 aromatic heterocycles. The van der Waals surface area contributed by atoms with Crippen LogP contribution in [0.2, 0.25) is 0 Å². The van der Waals surface area contributed by atoms with Gasteiger partial charge in [0, 0.05) is 6.07 Å². The van der Waals surface area contributed by atoms with Gasteiger partial charge in [-0.05, 0) is 11.8 Å². The average Bonchev–Trinajstić information content (AvgIpc) is 2.84. The third-order valence-corrected chi connectivity index (χ3v) is 3.11. The molecule has 6 nitrogen and oxygen atoms in total. The van der Waals surface area contributed by atoms with E-state index in [2.05, 4.69) is 10.5 Å². The lowest BCUT2D eigenvalue weighted by atomic mass is 9.99. The second kappa shape index (κ2) is 6.36. The number of hydrogen-bond donors (Lipinski definition) is 2. The molecule has 0 aliphatic heterocycles. The van der Waals surface area contributed by atoms with Crippen molar-refractivity contribution in [1.29, 1.82) is 0 Å². The van der Waals surface area contributed by atoms with Crippen molar-refractivity contribution in [3.05, 3.63) is 17.5 Å². The van der Waals surface area contributed by atoms with Crippen LogP contribution in [0.4, 0.5) is 0 Å². The summed E-state index contributed by atoms with van der Waals surface area (Å²) in [6.45, 7) is 7.51. The first-order chi connectivity index (χ1) is 8.86. The lowest BCUT2D eigenvalue weighted by molar-refractivity contribution is -0.140. The summed E-state index contributed by atoms with van der Waals surface area (Å²) in [5, 5.41) is 15.3. The van der Waals surface area contributed by atoms with Gasteiger partial charge in [0.05, 0.1) is 5.69 Å². The summed E-state index contributed by atoms with van der Waals surface area (Å²) < 4.78 is 4.93. The first-order valence-corrected chi connectivity index (χ1v) is 6.37. The molecule has 2 atom stereocenters. The van der Waals surface area contributed by atoms with Crippen LogP contribution in [-0.2, 0) is 4.79 Å². The SMILES string of the molecule is CCC(C)C(NC(=O)c1cc(C(C)C)no1)C(=O)O. The largest absolute Gasteiger partial charge is 0.480 e. The average molecular weight is 268 g/mol. The highest BCUT2D eigenvalue weighted by molar-refractivity contribution is 5.94. The van der Waals surface area contributed by atoms with E-state index in [4.69, 9.17) is 9.63 Å². The molecular weight excluding hydrogens is 248 g/mol. The molecule has 0 saturated carbocycles. The molecule has 2 N–H and O–H groups in total. The number of rotatable bonds is 6. The normalized spacial score (nSPS) is 14.2. The summed E-state index contributed by atoms with van der Waals surface area (Å²) in [4.78, 5) is 23.0. The molecule has 0 spiro atoms. The third kappa shape index (κ3) is 3.81. The number of nitrogens with zero attached hydrogens (tertiary/aromatic N) is 1. The summed E-state index contributed by atoms with van der Waals surface area (Å²) in [6.07, 6.45) is 0.658. The molecule has 1 amide bonds. The van der Waals surface area contributed by atoms with Gasteiger partial charge in [-0.3, -0.25) is 4.79 Å². The fraction of sp³-hybridized carbons (Fsp3) is 0.615. The molecule has 0 radical (unpaired) electrons. The van der Waals surface area contributed by atoms with Crippen LogP contribution in [0.15, 0.2) is 10.6 Å². The van der Waals surface area contributed by atoms with Crippen molar-refractivity contribution in [3.63, 3.8) is 0 Å². The molecule has 0 fully saturated rings. The van der Waals surface area contributed by atoms with Crippen LogP contribution < -0.4 is 5.32 Å². The summed E-state index contributed by atoms with van der Waals surface area (Å²) in [7, 11) is 0. The summed E-state index contributed by atoms with van der Waals surface area (Å²) >= 11 is 0. The smallest absolute Gasteiger partial charge is 0.326 e. The van der Waals surface area contributed by atoms with Crippen molar-refractivity contribution >= 4 is 11.9 Å². The molecule has 106 valence electrons. The number of hydrogen-bond acceptors (Lipinski definition) is 4. The van der Waals surface area contributed by atoms with Crippen LogP contribution in [0.1, 0.15) is 56.3 Å². The molecule has 0 aromatic carbocycles. The quantitative estimate of drug-likeness (QED) is 0.823. The second-order valence-corrected chi connectivity index (χ2v) is 4.95. The fourth-order valence-electron chi connectivity index (χ4n) is 1.56. The summed E-state index contributed by atoms with van der Waals surface area (Å²) in [6, 6.07) is 0.611. The first-order valence-electron chi connectivity index (χ1n) is 6.37. The zero-order valence-electron chi connectivity index (χ0n) is 11.6. The lowest BCUT2D eigenvalue weighted by Gasteiger charge is -2.19. The van der Waals surface area contributed by atoms with E-state index in [1.165, 1.54) is 6.07 Å². The molecule has 6 heteroatoms. The lowest BCUT2D eigenvalue weighted by Crippen LogP contribution is -2.44. The first kappa shape index (κ1) is 15.2. The van der Waals surface area contributed by atoms with Crippen molar-refractivity contribution in [2.75, 3.05) is 0 Å². The standard InChI is InChI=1S/C13H20N2O4/c1-5-8(4)11(13(17)18)14-12(16)10-6-9(7(2)3)15-19-10/h6-8,11H,5H2,1-4H3,(H,14,16)(H,17,18). The van der Waals surface area contributed by atoms with Gasteiger partial charge in [0.2, 0.25) is 5.76 Å². The maximum absolute atomic E-state index is 11.9. The molecule has 0 saturated heterocycles. The predicted molar refractivity (Wildman–Crippen MR) is 68.9 cm³/mol. The Morgan fingerprint density at radius 1 is 1.42 bits per heavy atom. The minimum Gasteiger partial charge on any atom is -0.480 e. The van der Waals surface area contributed by atoms with Crippen LogP contribution in [0, 0.1) is 5.92 Å².